The minimum Gasteiger partial charge on any atom is -0.507 e. The summed E-state index contributed by atoms with van der Waals surface area (Å²) >= 11 is 0. The predicted molar refractivity (Wildman–Crippen MR) is 85.9 cm³/mol. The summed E-state index contributed by atoms with van der Waals surface area (Å²) in [5.74, 6) is -1.07. The topological polar surface area (TPSA) is 63.6 Å². The molecule has 2 aromatic carbocycles. The molecule has 2 aromatic rings. The van der Waals surface area contributed by atoms with Gasteiger partial charge in [0.05, 0.1) is 0 Å². The molecule has 0 fully saturated rings. The number of aromatic hydroxyl groups is 1. The number of aryl methyl sites for hydroxylation is 3. The Morgan fingerprint density at radius 1 is 1.09 bits per heavy atom. The van der Waals surface area contributed by atoms with Gasteiger partial charge in [0.1, 0.15) is 11.3 Å². The minimum absolute atomic E-state index is 0.0670. The van der Waals surface area contributed by atoms with E-state index in [4.69, 9.17) is 4.74 Å². The summed E-state index contributed by atoms with van der Waals surface area (Å²) in [5.41, 5.74) is 3.97. The fourth-order valence-corrected chi connectivity index (χ4v) is 2.85. The van der Waals surface area contributed by atoms with Crippen LogP contribution in [0.4, 0.5) is 0 Å². The predicted octanol–water partition coefficient (Wildman–Crippen LogP) is 3.23. The number of ether oxygens (including phenoxy) is 1. The van der Waals surface area contributed by atoms with Crippen LogP contribution in [-0.4, -0.2) is 23.5 Å². The summed E-state index contributed by atoms with van der Waals surface area (Å²) in [6, 6.07) is 10.3. The maximum absolute atomic E-state index is 12.2. The van der Waals surface area contributed by atoms with Crippen molar-refractivity contribution < 1.29 is 19.4 Å². The summed E-state index contributed by atoms with van der Waals surface area (Å²) in [5, 5.41) is 9.76. The van der Waals surface area contributed by atoms with Gasteiger partial charge in [-0.3, -0.25) is 4.79 Å². The second kappa shape index (κ2) is 6.24. The molecule has 0 atom stereocenters. The van der Waals surface area contributed by atoms with Crippen molar-refractivity contribution in [2.24, 2.45) is 0 Å². The highest BCUT2D eigenvalue weighted by atomic mass is 16.5. The number of phenols is 1. The average Bonchev–Trinajstić information content (AvgIpc) is 2.99. The van der Waals surface area contributed by atoms with Crippen LogP contribution < -0.4 is 0 Å². The molecule has 0 radical (unpaired) electrons. The zero-order valence-corrected chi connectivity index (χ0v) is 13.0. The lowest BCUT2D eigenvalue weighted by Gasteiger charge is -2.07. The first-order chi connectivity index (χ1) is 11.0. The summed E-state index contributed by atoms with van der Waals surface area (Å²) in [4.78, 5) is 24.1. The van der Waals surface area contributed by atoms with E-state index < -0.39 is 5.97 Å². The number of Topliss-reactive ketones (excluding diaryl/α,β-unsaturated/α-hetero) is 1. The molecule has 0 aliphatic heterocycles. The summed E-state index contributed by atoms with van der Waals surface area (Å²) in [6.45, 7) is 1.48. The van der Waals surface area contributed by atoms with Gasteiger partial charge in [-0.05, 0) is 61.1 Å². The lowest BCUT2D eigenvalue weighted by atomic mass is 10.0. The smallest absolute Gasteiger partial charge is 0.342 e. The van der Waals surface area contributed by atoms with Gasteiger partial charge in [-0.1, -0.05) is 18.2 Å². The van der Waals surface area contributed by atoms with Crippen molar-refractivity contribution in [3.63, 3.8) is 0 Å². The van der Waals surface area contributed by atoms with E-state index >= 15 is 0 Å². The van der Waals surface area contributed by atoms with Crippen molar-refractivity contribution in [3.05, 3.63) is 64.2 Å². The zero-order valence-electron chi connectivity index (χ0n) is 13.0. The lowest BCUT2D eigenvalue weighted by Crippen LogP contribution is -2.14. The number of hydrogen-bond acceptors (Lipinski definition) is 4. The van der Waals surface area contributed by atoms with Gasteiger partial charge in [0.2, 0.25) is 0 Å². The number of benzene rings is 2. The number of hydrogen-bond donors (Lipinski definition) is 1. The molecule has 0 unspecified atom stereocenters. The highest BCUT2D eigenvalue weighted by Crippen LogP contribution is 2.23. The molecule has 1 aliphatic rings. The lowest BCUT2D eigenvalue weighted by molar-refractivity contribution is 0.0472. The van der Waals surface area contributed by atoms with E-state index in [0.29, 0.717) is 5.56 Å². The molecule has 0 amide bonds. The Bertz CT molecular complexity index is 777. The average molecular weight is 310 g/mol. The summed E-state index contributed by atoms with van der Waals surface area (Å²) in [7, 11) is 0. The first-order valence-corrected chi connectivity index (χ1v) is 7.66. The molecule has 0 aromatic heterocycles. The Kier molecular flexibility index (Phi) is 4.15. The molecule has 1 aliphatic carbocycles. The second-order valence-electron chi connectivity index (χ2n) is 5.86. The summed E-state index contributed by atoms with van der Waals surface area (Å²) in [6.07, 6.45) is 3.17. The van der Waals surface area contributed by atoms with Crippen LogP contribution in [0.15, 0.2) is 36.4 Å². The number of ketones is 1. The quantitative estimate of drug-likeness (QED) is 0.695. The maximum Gasteiger partial charge on any atom is 0.342 e. The molecular weight excluding hydrogens is 292 g/mol. The third-order valence-electron chi connectivity index (χ3n) is 4.13. The largest absolute Gasteiger partial charge is 0.507 e. The monoisotopic (exact) mass is 310 g/mol. The molecule has 1 N–H and O–H groups in total. The van der Waals surface area contributed by atoms with E-state index in [1.54, 1.807) is 12.1 Å². The van der Waals surface area contributed by atoms with Crippen molar-refractivity contribution in [2.45, 2.75) is 26.2 Å². The molecule has 3 rings (SSSR count). The maximum atomic E-state index is 12.2. The van der Waals surface area contributed by atoms with Crippen molar-refractivity contribution in [1.82, 2.24) is 0 Å². The minimum atomic E-state index is -0.697. The molecule has 4 nitrogen and oxygen atoms in total. The van der Waals surface area contributed by atoms with Crippen LogP contribution in [0.2, 0.25) is 0 Å². The number of carbonyl (C=O) groups is 2. The number of fused-ring (bicyclic) bond motifs is 1. The SMILES string of the molecule is Cc1ccc(C(=O)OCC(=O)c2ccc3c(c2)CCC3)c(O)c1. The van der Waals surface area contributed by atoms with E-state index in [-0.39, 0.29) is 23.7 Å². The molecular formula is C19H18O4. The van der Waals surface area contributed by atoms with E-state index in [0.717, 1.165) is 24.8 Å². The van der Waals surface area contributed by atoms with Crippen LogP contribution in [0, 0.1) is 6.92 Å². The Labute approximate surface area is 134 Å². The first kappa shape index (κ1) is 15.3. The van der Waals surface area contributed by atoms with Crippen molar-refractivity contribution in [3.8, 4) is 5.75 Å². The fourth-order valence-electron chi connectivity index (χ4n) is 2.85. The van der Waals surface area contributed by atoms with Gasteiger partial charge in [-0.15, -0.1) is 0 Å². The van der Waals surface area contributed by atoms with Crippen molar-refractivity contribution in [1.29, 1.82) is 0 Å². The van der Waals surface area contributed by atoms with Gasteiger partial charge < -0.3 is 9.84 Å². The van der Waals surface area contributed by atoms with Crippen LogP contribution in [0.25, 0.3) is 0 Å². The highest BCUT2D eigenvalue weighted by molar-refractivity contribution is 6.00. The molecule has 0 bridgehead atoms. The van der Waals surface area contributed by atoms with Gasteiger partial charge in [0.15, 0.2) is 12.4 Å². The van der Waals surface area contributed by atoms with E-state index in [1.807, 2.05) is 19.1 Å². The Hall–Kier alpha value is -2.62. The second-order valence-corrected chi connectivity index (χ2v) is 5.86. The third kappa shape index (κ3) is 3.26. The van der Waals surface area contributed by atoms with E-state index in [1.165, 1.54) is 23.3 Å². The highest BCUT2D eigenvalue weighted by Gasteiger charge is 2.17. The van der Waals surface area contributed by atoms with Gasteiger partial charge >= 0.3 is 5.97 Å². The number of phenolic OH excluding ortho intramolecular Hbond substituents is 1. The molecule has 118 valence electrons. The van der Waals surface area contributed by atoms with Crippen LogP contribution in [0.3, 0.4) is 0 Å². The number of rotatable bonds is 4. The first-order valence-electron chi connectivity index (χ1n) is 7.66. The normalized spacial score (nSPS) is 12.7. The van der Waals surface area contributed by atoms with Gasteiger partial charge in [0.25, 0.3) is 0 Å². The van der Waals surface area contributed by atoms with Crippen molar-refractivity contribution in [2.75, 3.05) is 6.61 Å². The number of carbonyl (C=O) groups excluding carboxylic acids is 2. The third-order valence-corrected chi connectivity index (χ3v) is 4.13. The van der Waals surface area contributed by atoms with Crippen molar-refractivity contribution >= 4 is 11.8 Å². The molecule has 0 heterocycles. The van der Waals surface area contributed by atoms with Crippen LogP contribution in [0.5, 0.6) is 5.75 Å². The van der Waals surface area contributed by atoms with Crippen LogP contribution >= 0.6 is 0 Å². The number of esters is 1. The standard InChI is InChI=1S/C19H18O4/c1-12-5-8-16(17(20)9-12)19(22)23-11-18(21)15-7-6-13-3-2-4-14(13)10-15/h5-10,20H,2-4,11H2,1H3. The van der Waals surface area contributed by atoms with E-state index in [2.05, 4.69) is 0 Å². The Morgan fingerprint density at radius 3 is 2.65 bits per heavy atom. The molecule has 23 heavy (non-hydrogen) atoms. The van der Waals surface area contributed by atoms with Gasteiger partial charge in [0, 0.05) is 5.56 Å². The molecule has 0 saturated heterocycles. The molecule has 0 saturated carbocycles. The zero-order chi connectivity index (χ0) is 16.4. The fraction of sp³-hybridized carbons (Fsp3) is 0.263. The van der Waals surface area contributed by atoms with Gasteiger partial charge in [-0.2, -0.15) is 0 Å². The Morgan fingerprint density at radius 2 is 1.87 bits per heavy atom. The van der Waals surface area contributed by atoms with Crippen LogP contribution in [-0.2, 0) is 17.6 Å². The van der Waals surface area contributed by atoms with Crippen LogP contribution in [0.1, 0.15) is 43.8 Å². The molecule has 0 spiro atoms. The molecule has 4 heteroatoms. The van der Waals surface area contributed by atoms with Gasteiger partial charge in [-0.25, -0.2) is 4.79 Å². The van der Waals surface area contributed by atoms with E-state index in [9.17, 15) is 14.7 Å². The Balaban J connectivity index is 1.65. The summed E-state index contributed by atoms with van der Waals surface area (Å²) < 4.78 is 5.04.